The summed E-state index contributed by atoms with van der Waals surface area (Å²) in [6.07, 6.45) is 20.6. The molecule has 4 atom stereocenters. The number of ketones is 1. The van der Waals surface area contributed by atoms with Crippen molar-refractivity contribution in [3.8, 4) is 11.1 Å². The second-order valence-corrected chi connectivity index (χ2v) is 24.4. The lowest BCUT2D eigenvalue weighted by Gasteiger charge is -2.27. The lowest BCUT2D eigenvalue weighted by molar-refractivity contribution is -0.145. The van der Waals surface area contributed by atoms with Gasteiger partial charge < -0.3 is 59.9 Å². The fourth-order valence-corrected chi connectivity index (χ4v) is 11.4. The number of hydrogen-bond acceptors (Lipinski definition) is 19. The number of nitrogens with zero attached hydrogens (tertiary/aromatic N) is 6. The molecule has 4 heterocycles. The van der Waals surface area contributed by atoms with Crippen molar-refractivity contribution in [2.24, 2.45) is 11.8 Å². The molecule has 6 amide bonds. The third-order valence-electron chi connectivity index (χ3n) is 16.3. The molecular weight excluding hydrogens is 1270 g/mol. The number of likely N-dealkylation sites (tertiary alicyclic amines) is 1. The minimum Gasteiger partial charge on any atom is -0.469 e. The number of amides is 6. The number of Topliss-reactive ketones (excluding diaryl/α,β-unsaturated/α-hetero) is 1. The Labute approximate surface area is 552 Å². The maximum atomic E-state index is 14.0. The van der Waals surface area contributed by atoms with Crippen LogP contribution < -0.4 is 26.6 Å². The van der Waals surface area contributed by atoms with Gasteiger partial charge in [0.25, 0.3) is 0 Å². The van der Waals surface area contributed by atoms with E-state index >= 15 is 0 Å². The quantitative estimate of drug-likeness (QED) is 0.0133. The number of benzene rings is 1. The summed E-state index contributed by atoms with van der Waals surface area (Å²) in [4.78, 5) is 129. The zero-order chi connectivity index (χ0) is 66.9. The third-order valence-corrected chi connectivity index (χ3v) is 16.7. The van der Waals surface area contributed by atoms with Crippen LogP contribution in [0.2, 0.25) is 0 Å². The fraction of sp³-hybridized carbons (Fsp3) is 0.621. The minimum atomic E-state index is -0.922. The first-order valence-corrected chi connectivity index (χ1v) is 33.4. The van der Waals surface area contributed by atoms with Crippen LogP contribution in [0.1, 0.15) is 156 Å². The van der Waals surface area contributed by atoms with Crippen LogP contribution in [0.25, 0.3) is 22.0 Å². The van der Waals surface area contributed by atoms with Crippen molar-refractivity contribution in [1.82, 2.24) is 50.9 Å². The first kappa shape index (κ1) is 74.7. The molecule has 2 fully saturated rings. The molecule has 1 aliphatic carbocycles. The van der Waals surface area contributed by atoms with Crippen LogP contribution >= 0.6 is 15.9 Å². The highest BCUT2D eigenvalue weighted by atomic mass is 79.9. The molecule has 1 saturated heterocycles. The van der Waals surface area contributed by atoms with E-state index in [-0.39, 0.29) is 157 Å². The number of ether oxygens (including phenoxy) is 6. The van der Waals surface area contributed by atoms with Crippen LogP contribution in [0.15, 0.2) is 41.3 Å². The van der Waals surface area contributed by atoms with E-state index in [0.717, 1.165) is 61.6 Å². The third kappa shape index (κ3) is 26.2. The number of aromatic nitrogens is 5. The molecule has 1 aliphatic heterocycles. The predicted molar refractivity (Wildman–Crippen MR) is 348 cm³/mol. The van der Waals surface area contributed by atoms with Gasteiger partial charge in [-0.1, -0.05) is 83.1 Å². The summed E-state index contributed by atoms with van der Waals surface area (Å²) in [7, 11) is 2.67. The van der Waals surface area contributed by atoms with Gasteiger partial charge in [-0.25, -0.2) is 19.7 Å². The Bertz CT molecular complexity index is 3110. The molecule has 5 N–H and O–H groups in total. The topological polar surface area (TPSA) is 329 Å². The van der Waals surface area contributed by atoms with Gasteiger partial charge in [0.2, 0.25) is 35.4 Å². The molecule has 3 aromatic heterocycles. The van der Waals surface area contributed by atoms with Gasteiger partial charge in [0.15, 0.2) is 5.78 Å². The number of aryl methyl sites for hydroxylation is 2. The molecule has 510 valence electrons. The number of unbranched alkanes of at least 4 members (excludes halogenated alkanes) is 13. The van der Waals surface area contributed by atoms with Crippen LogP contribution in [-0.4, -0.2) is 182 Å². The molecule has 0 radical (unpaired) electrons. The molecule has 6 rings (SSSR count). The molecule has 0 spiro atoms. The number of anilines is 1. The molecule has 0 unspecified atom stereocenters. The summed E-state index contributed by atoms with van der Waals surface area (Å²) in [5.41, 5.74) is 3.78. The molecule has 0 bridgehead atoms. The zero-order valence-electron chi connectivity index (χ0n) is 54.6. The summed E-state index contributed by atoms with van der Waals surface area (Å²) < 4.78 is 33.4. The van der Waals surface area contributed by atoms with Crippen molar-refractivity contribution in [3.05, 3.63) is 63.9 Å². The average molecular weight is 1360 g/mol. The number of nitrogens with one attached hydrogen (secondary N) is 5. The van der Waals surface area contributed by atoms with E-state index in [1.165, 1.54) is 72.5 Å². The number of carbonyl (C=O) groups excluding carboxylic acids is 9. The Hall–Kier alpha value is -7.33. The molecule has 93 heavy (non-hydrogen) atoms. The summed E-state index contributed by atoms with van der Waals surface area (Å²) in [5.74, 6) is -1.72. The first-order chi connectivity index (χ1) is 45.0. The molecule has 1 aromatic carbocycles. The van der Waals surface area contributed by atoms with Crippen molar-refractivity contribution < 1.29 is 71.6 Å². The van der Waals surface area contributed by atoms with E-state index in [4.69, 9.17) is 23.7 Å². The highest BCUT2D eigenvalue weighted by Crippen LogP contribution is 2.50. The second-order valence-electron chi connectivity index (χ2n) is 23.6. The maximum Gasteiger partial charge on any atom is 0.328 e. The number of piperidine rings is 1. The van der Waals surface area contributed by atoms with Crippen molar-refractivity contribution in [1.29, 1.82) is 0 Å². The number of hydrogen-bond donors (Lipinski definition) is 5. The van der Waals surface area contributed by atoms with Gasteiger partial charge in [0, 0.05) is 69.2 Å². The van der Waals surface area contributed by atoms with E-state index < -0.39 is 18.1 Å². The van der Waals surface area contributed by atoms with Crippen LogP contribution in [0.4, 0.5) is 5.82 Å². The van der Waals surface area contributed by atoms with Crippen molar-refractivity contribution in [3.63, 3.8) is 0 Å². The molecule has 1 saturated carbocycles. The van der Waals surface area contributed by atoms with Crippen molar-refractivity contribution >= 4 is 85.8 Å². The van der Waals surface area contributed by atoms with E-state index in [0.29, 0.717) is 52.1 Å². The zero-order valence-corrected chi connectivity index (χ0v) is 56.2. The number of carbonyl (C=O) groups is 9. The average Bonchev–Trinajstić information content (AvgIpc) is 1.61. The van der Waals surface area contributed by atoms with E-state index in [1.54, 1.807) is 28.0 Å². The molecular formula is C66H94BrN11O15. The summed E-state index contributed by atoms with van der Waals surface area (Å²) in [5, 5.41) is 19.0. The summed E-state index contributed by atoms with van der Waals surface area (Å²) in [6.45, 7) is 6.62. The van der Waals surface area contributed by atoms with Crippen LogP contribution in [-0.2, 0) is 79.9 Å². The standard InChI is InChI=1S/C66H94BrN11O15/c1-44-22-24-53(67)74-64(44)75-65(86)63-50-36-48(50)40-77(63)59(84)41-78-62-45(2)34-47(35-51(62)61(76-78)46(3)79)49-37-70-54(71-38-49)39-72-58(83)43-93-33-31-91-29-27-69-57(82)42-92-32-30-90-28-26-68-55(80)25-23-52(66(87)89-5)73-56(81)20-18-16-14-12-10-8-6-7-9-11-13-15-17-19-21-60(85)88-4/h22,24,34-35,37-38,48,50,52,63H,6-21,23,25-33,36,39-43H2,1-5H3,(H,68,80)(H,69,82)(H,72,83)(H,73,81)(H,74,75,86)/t48-,50-,52+,63+/m1/s1. The smallest absolute Gasteiger partial charge is 0.328 e. The van der Waals surface area contributed by atoms with Gasteiger partial charge in [-0.15, -0.1) is 0 Å². The molecule has 2 aliphatic rings. The minimum absolute atomic E-state index is 0.00489. The van der Waals surface area contributed by atoms with Crippen LogP contribution in [0.3, 0.4) is 0 Å². The monoisotopic (exact) mass is 1360 g/mol. The Morgan fingerprint density at radius 3 is 1.83 bits per heavy atom. The molecule has 26 nitrogen and oxygen atoms in total. The highest BCUT2D eigenvalue weighted by molar-refractivity contribution is 9.10. The highest BCUT2D eigenvalue weighted by Gasteiger charge is 2.57. The molecule has 4 aromatic rings. The van der Waals surface area contributed by atoms with Gasteiger partial charge in [0.05, 0.1) is 65.9 Å². The predicted octanol–water partition coefficient (Wildman–Crippen LogP) is 6.72. The number of pyridine rings is 1. The Kier molecular flexibility index (Phi) is 32.7. The Morgan fingerprint density at radius 2 is 1.23 bits per heavy atom. The van der Waals surface area contributed by atoms with Crippen molar-refractivity contribution in [2.45, 2.75) is 168 Å². The van der Waals surface area contributed by atoms with Crippen LogP contribution in [0, 0.1) is 25.7 Å². The van der Waals surface area contributed by atoms with E-state index in [1.807, 2.05) is 32.0 Å². The fourth-order valence-electron chi connectivity index (χ4n) is 11.1. The lowest BCUT2D eigenvalue weighted by atomic mass is 10.0. The van der Waals surface area contributed by atoms with Gasteiger partial charge in [-0.2, -0.15) is 5.10 Å². The summed E-state index contributed by atoms with van der Waals surface area (Å²) >= 11 is 3.36. The number of fused-ring (bicyclic) bond motifs is 2. The van der Waals surface area contributed by atoms with Crippen LogP contribution in [0.5, 0.6) is 0 Å². The van der Waals surface area contributed by atoms with E-state index in [2.05, 4.69) is 67.3 Å². The van der Waals surface area contributed by atoms with Crippen molar-refractivity contribution in [2.75, 3.05) is 92.0 Å². The van der Waals surface area contributed by atoms with Gasteiger partial charge >= 0.3 is 11.9 Å². The number of halogens is 1. The van der Waals surface area contributed by atoms with Gasteiger partial charge in [-0.05, 0) is 102 Å². The van der Waals surface area contributed by atoms with Gasteiger partial charge in [-0.3, -0.25) is 43.0 Å². The maximum absolute atomic E-state index is 14.0. The Balaban J connectivity index is 0.739. The number of methoxy groups -OCH3 is 2. The Morgan fingerprint density at radius 1 is 0.645 bits per heavy atom. The van der Waals surface area contributed by atoms with E-state index in [9.17, 15) is 43.2 Å². The first-order valence-electron chi connectivity index (χ1n) is 32.6. The van der Waals surface area contributed by atoms with Gasteiger partial charge in [0.1, 0.15) is 53.8 Å². The lowest BCUT2D eigenvalue weighted by Crippen LogP contribution is -2.47. The summed E-state index contributed by atoms with van der Waals surface area (Å²) in [6, 6.07) is 5.81. The normalized spacial score (nSPS) is 15.1. The molecule has 27 heteroatoms. The second kappa shape index (κ2) is 40.7. The number of esters is 2. The SMILES string of the molecule is COC(=O)CCCCCCCCCCCCCCCCC(=O)N[C@@H](CCC(=O)NCCOCCOCC(=O)NCCOCCOCC(=O)NCc1ncc(-c2cc(C)c3c(c2)c(C(C)=O)nn3CC(=O)N2C[C@H]3C[C@H]3[C@H]2C(=O)Nc2nc(Br)ccc2C)cn1)C(=O)OC. The number of rotatable bonds is 46. The largest absolute Gasteiger partial charge is 0.469 e.